The fourth-order valence-electron chi connectivity index (χ4n) is 3.48. The SMILES string of the molecule is COc1cccc(C(=O)N2CCN(C(=O)c3ncn(-c4cccc(Br)c4)n3)CC2C)n1. The molecule has 0 saturated carbocycles. The highest BCUT2D eigenvalue weighted by atomic mass is 79.9. The van der Waals surface area contributed by atoms with E-state index in [0.717, 1.165) is 10.2 Å². The van der Waals surface area contributed by atoms with E-state index in [2.05, 4.69) is 31.0 Å². The number of hydrogen-bond donors (Lipinski definition) is 0. The van der Waals surface area contributed by atoms with Crippen molar-refractivity contribution in [2.45, 2.75) is 13.0 Å². The number of methoxy groups -OCH3 is 1. The molecular weight excluding hydrogens is 464 g/mol. The third-order valence-electron chi connectivity index (χ3n) is 5.08. The van der Waals surface area contributed by atoms with Gasteiger partial charge in [0.25, 0.3) is 11.8 Å². The Morgan fingerprint density at radius 2 is 1.94 bits per heavy atom. The van der Waals surface area contributed by atoms with Crippen molar-refractivity contribution in [3.05, 3.63) is 64.8 Å². The third kappa shape index (κ3) is 4.43. The number of amides is 2. The fraction of sp³-hybridized carbons (Fsp3) is 0.286. The summed E-state index contributed by atoms with van der Waals surface area (Å²) in [6, 6.07) is 12.5. The first-order valence-corrected chi connectivity index (χ1v) is 10.5. The molecule has 3 aromatic rings. The van der Waals surface area contributed by atoms with Crippen molar-refractivity contribution in [2.24, 2.45) is 0 Å². The van der Waals surface area contributed by atoms with Gasteiger partial charge in [-0.2, -0.15) is 0 Å². The second-order valence-electron chi connectivity index (χ2n) is 7.16. The minimum absolute atomic E-state index is 0.126. The normalized spacial score (nSPS) is 16.3. The fourth-order valence-corrected chi connectivity index (χ4v) is 3.87. The molecule has 1 aromatic carbocycles. The molecule has 10 heteroatoms. The molecule has 160 valence electrons. The summed E-state index contributed by atoms with van der Waals surface area (Å²) in [5, 5.41) is 4.33. The van der Waals surface area contributed by atoms with Gasteiger partial charge in [0.2, 0.25) is 11.7 Å². The van der Waals surface area contributed by atoms with Gasteiger partial charge in [-0.15, -0.1) is 5.10 Å². The van der Waals surface area contributed by atoms with E-state index in [-0.39, 0.29) is 23.7 Å². The van der Waals surface area contributed by atoms with Gasteiger partial charge in [-0.25, -0.2) is 14.6 Å². The van der Waals surface area contributed by atoms with Gasteiger partial charge < -0.3 is 14.5 Å². The Labute approximate surface area is 187 Å². The van der Waals surface area contributed by atoms with E-state index in [0.29, 0.717) is 31.2 Å². The highest BCUT2D eigenvalue weighted by molar-refractivity contribution is 9.10. The van der Waals surface area contributed by atoms with Crippen LogP contribution in [-0.4, -0.2) is 74.1 Å². The van der Waals surface area contributed by atoms with Crippen LogP contribution in [-0.2, 0) is 0 Å². The largest absolute Gasteiger partial charge is 0.481 e. The van der Waals surface area contributed by atoms with Crippen LogP contribution in [0.25, 0.3) is 5.69 Å². The van der Waals surface area contributed by atoms with E-state index in [4.69, 9.17) is 4.74 Å². The zero-order chi connectivity index (χ0) is 22.0. The van der Waals surface area contributed by atoms with Gasteiger partial charge in [0.1, 0.15) is 12.0 Å². The Balaban J connectivity index is 1.44. The number of pyridine rings is 1. The predicted molar refractivity (Wildman–Crippen MR) is 116 cm³/mol. The van der Waals surface area contributed by atoms with E-state index in [1.165, 1.54) is 13.4 Å². The van der Waals surface area contributed by atoms with Gasteiger partial charge >= 0.3 is 0 Å². The van der Waals surface area contributed by atoms with Crippen LogP contribution in [0.5, 0.6) is 5.88 Å². The smallest absolute Gasteiger partial charge is 0.293 e. The van der Waals surface area contributed by atoms with Crippen LogP contribution < -0.4 is 4.74 Å². The molecule has 2 aromatic heterocycles. The lowest BCUT2D eigenvalue weighted by Gasteiger charge is -2.39. The number of aromatic nitrogens is 4. The molecule has 9 nitrogen and oxygen atoms in total. The minimum atomic E-state index is -0.257. The second kappa shape index (κ2) is 8.84. The Hall–Kier alpha value is -3.27. The number of ether oxygens (including phenoxy) is 1. The maximum absolute atomic E-state index is 12.9. The van der Waals surface area contributed by atoms with Crippen LogP contribution in [0.3, 0.4) is 0 Å². The number of rotatable bonds is 4. The number of benzene rings is 1. The highest BCUT2D eigenvalue weighted by Gasteiger charge is 2.32. The number of hydrogen-bond acceptors (Lipinski definition) is 6. The molecule has 1 aliphatic heterocycles. The van der Waals surface area contributed by atoms with Crippen molar-refractivity contribution < 1.29 is 14.3 Å². The second-order valence-corrected chi connectivity index (χ2v) is 8.07. The summed E-state index contributed by atoms with van der Waals surface area (Å²) in [5.41, 5.74) is 1.12. The summed E-state index contributed by atoms with van der Waals surface area (Å²) in [7, 11) is 1.51. The van der Waals surface area contributed by atoms with Crippen LogP contribution in [0.2, 0.25) is 0 Å². The summed E-state index contributed by atoms with van der Waals surface area (Å²) in [5.74, 6) is 0.0728. The van der Waals surface area contributed by atoms with Crippen LogP contribution in [0.15, 0.2) is 53.3 Å². The molecule has 0 bridgehead atoms. The highest BCUT2D eigenvalue weighted by Crippen LogP contribution is 2.18. The van der Waals surface area contributed by atoms with Crippen LogP contribution in [0, 0.1) is 0 Å². The van der Waals surface area contributed by atoms with E-state index in [1.807, 2.05) is 31.2 Å². The Bertz CT molecular complexity index is 1120. The molecule has 1 saturated heterocycles. The molecule has 4 rings (SSSR count). The summed E-state index contributed by atoms with van der Waals surface area (Å²) in [4.78, 5) is 37.6. The lowest BCUT2D eigenvalue weighted by atomic mass is 10.1. The monoisotopic (exact) mass is 484 g/mol. The molecule has 1 fully saturated rings. The number of carbonyl (C=O) groups excluding carboxylic acids is 2. The van der Waals surface area contributed by atoms with Crippen LogP contribution in [0.1, 0.15) is 28.0 Å². The van der Waals surface area contributed by atoms with Gasteiger partial charge in [0.05, 0.1) is 12.8 Å². The third-order valence-corrected chi connectivity index (χ3v) is 5.58. The predicted octanol–water partition coefficient (Wildman–Crippen LogP) is 2.42. The quantitative estimate of drug-likeness (QED) is 0.564. The lowest BCUT2D eigenvalue weighted by Crippen LogP contribution is -2.55. The Kier molecular flexibility index (Phi) is 5.99. The van der Waals surface area contributed by atoms with E-state index in [9.17, 15) is 9.59 Å². The molecule has 0 aliphatic carbocycles. The Morgan fingerprint density at radius 3 is 2.68 bits per heavy atom. The zero-order valence-electron chi connectivity index (χ0n) is 17.1. The van der Waals surface area contributed by atoms with E-state index < -0.39 is 0 Å². The standard InChI is InChI=1S/C21H21BrN6O3/c1-14-12-26(9-10-27(14)20(29)17-7-4-8-18(24-17)31-2)21(30)19-23-13-28(25-19)16-6-3-5-15(22)11-16/h3-8,11,13-14H,9-10,12H2,1-2H3. The van der Waals surface area contributed by atoms with Crippen molar-refractivity contribution in [1.82, 2.24) is 29.5 Å². The maximum Gasteiger partial charge on any atom is 0.293 e. The summed E-state index contributed by atoms with van der Waals surface area (Å²) in [6.45, 7) is 3.09. The zero-order valence-corrected chi connectivity index (χ0v) is 18.7. The molecular formula is C21H21BrN6O3. The minimum Gasteiger partial charge on any atom is -0.481 e. The van der Waals surface area contributed by atoms with Crippen molar-refractivity contribution in [3.8, 4) is 11.6 Å². The molecule has 0 spiro atoms. The number of halogens is 1. The number of nitrogens with zero attached hydrogens (tertiary/aromatic N) is 6. The molecule has 0 radical (unpaired) electrons. The van der Waals surface area contributed by atoms with Crippen molar-refractivity contribution in [1.29, 1.82) is 0 Å². The van der Waals surface area contributed by atoms with Crippen molar-refractivity contribution in [3.63, 3.8) is 0 Å². The van der Waals surface area contributed by atoms with Crippen molar-refractivity contribution in [2.75, 3.05) is 26.7 Å². The van der Waals surface area contributed by atoms with Crippen LogP contribution in [0.4, 0.5) is 0 Å². The first-order valence-electron chi connectivity index (χ1n) is 9.75. The molecule has 1 aliphatic rings. The van der Waals surface area contributed by atoms with Gasteiger partial charge in [0.15, 0.2) is 0 Å². The van der Waals surface area contributed by atoms with E-state index in [1.54, 1.807) is 32.7 Å². The molecule has 2 amide bonds. The van der Waals surface area contributed by atoms with Gasteiger partial charge in [-0.3, -0.25) is 9.59 Å². The summed E-state index contributed by atoms with van der Waals surface area (Å²) >= 11 is 3.43. The average Bonchev–Trinajstić information content (AvgIpc) is 3.28. The molecule has 3 heterocycles. The number of carbonyl (C=O) groups is 2. The molecule has 1 unspecified atom stereocenters. The summed E-state index contributed by atoms with van der Waals surface area (Å²) < 4.78 is 7.58. The lowest BCUT2D eigenvalue weighted by molar-refractivity contribution is 0.0404. The summed E-state index contributed by atoms with van der Waals surface area (Å²) in [6.07, 6.45) is 1.52. The maximum atomic E-state index is 12.9. The van der Waals surface area contributed by atoms with Gasteiger partial charge in [-0.1, -0.05) is 28.1 Å². The van der Waals surface area contributed by atoms with Gasteiger partial charge in [0, 0.05) is 36.2 Å². The van der Waals surface area contributed by atoms with Crippen LogP contribution >= 0.6 is 15.9 Å². The van der Waals surface area contributed by atoms with E-state index >= 15 is 0 Å². The molecule has 0 N–H and O–H groups in total. The topological polar surface area (TPSA) is 93.5 Å². The molecule has 1 atom stereocenters. The van der Waals surface area contributed by atoms with Crippen molar-refractivity contribution >= 4 is 27.7 Å². The first-order chi connectivity index (χ1) is 15.0. The number of piperazine rings is 1. The average molecular weight is 485 g/mol. The first kappa shape index (κ1) is 21.0. The Morgan fingerprint density at radius 1 is 1.13 bits per heavy atom. The molecule has 31 heavy (non-hydrogen) atoms. The van der Waals surface area contributed by atoms with Gasteiger partial charge in [-0.05, 0) is 31.2 Å².